The van der Waals surface area contributed by atoms with Crippen LogP contribution in [0, 0.1) is 0 Å². The number of unbranched alkanes of at least 4 members (excludes halogenated alkanes) is 20. The highest BCUT2D eigenvalue weighted by molar-refractivity contribution is 7.47. The maximum Gasteiger partial charge on any atom is 0.472 e. The van der Waals surface area contributed by atoms with Crippen molar-refractivity contribution in [2.75, 3.05) is 26.4 Å². The van der Waals surface area contributed by atoms with Crippen LogP contribution in [0.3, 0.4) is 0 Å². The zero-order chi connectivity index (χ0) is 32.6. The number of hydrogen-bond donors (Lipinski definition) is 2. The Hall–Kier alpha value is -1.25. The van der Waals surface area contributed by atoms with Crippen LogP contribution in [0.25, 0.3) is 0 Å². The summed E-state index contributed by atoms with van der Waals surface area (Å²) in [4.78, 5) is 34.5. The van der Waals surface area contributed by atoms with E-state index in [1.807, 2.05) is 6.08 Å². The van der Waals surface area contributed by atoms with Gasteiger partial charge in [-0.2, -0.15) is 0 Å². The molecule has 0 rings (SSSR count). The molecule has 0 aliphatic carbocycles. The Bertz CT molecular complexity index is 736. The van der Waals surface area contributed by atoms with Crippen LogP contribution in [0.15, 0.2) is 12.7 Å². The number of nitrogens with two attached hydrogens (primary N) is 1. The lowest BCUT2D eigenvalue weighted by molar-refractivity contribution is -0.161. The van der Waals surface area contributed by atoms with E-state index in [9.17, 15) is 19.0 Å². The minimum atomic E-state index is -4.36. The van der Waals surface area contributed by atoms with Crippen molar-refractivity contribution in [3.63, 3.8) is 0 Å². The van der Waals surface area contributed by atoms with E-state index in [4.69, 9.17) is 24.3 Å². The number of phosphoric ester groups is 1. The number of carbonyl (C=O) groups excluding carboxylic acids is 2. The zero-order valence-corrected chi connectivity index (χ0v) is 28.9. The van der Waals surface area contributed by atoms with Crippen LogP contribution in [0.4, 0.5) is 0 Å². The van der Waals surface area contributed by atoms with E-state index in [1.54, 1.807) is 0 Å². The predicted octanol–water partition coefficient (Wildman–Crippen LogP) is 9.10. The van der Waals surface area contributed by atoms with Crippen LogP contribution in [-0.4, -0.2) is 49.3 Å². The maximum atomic E-state index is 12.4. The summed E-state index contributed by atoms with van der Waals surface area (Å²) in [6, 6.07) is 0. The lowest BCUT2D eigenvalue weighted by atomic mass is 10.0. The van der Waals surface area contributed by atoms with Gasteiger partial charge in [0.2, 0.25) is 0 Å². The highest BCUT2D eigenvalue weighted by atomic mass is 31.2. The second-order valence-electron chi connectivity index (χ2n) is 11.8. The number of rotatable bonds is 34. The molecule has 44 heavy (non-hydrogen) atoms. The summed E-state index contributed by atoms with van der Waals surface area (Å²) < 4.78 is 32.5. The van der Waals surface area contributed by atoms with Gasteiger partial charge in [0, 0.05) is 19.4 Å². The Labute approximate surface area is 269 Å². The van der Waals surface area contributed by atoms with Gasteiger partial charge in [-0.05, 0) is 25.7 Å². The molecule has 0 bridgehead atoms. The first-order valence-corrected chi connectivity index (χ1v) is 19.1. The summed E-state index contributed by atoms with van der Waals surface area (Å²) in [6.07, 6.45) is 27.2. The van der Waals surface area contributed by atoms with Gasteiger partial charge >= 0.3 is 19.8 Å². The molecule has 0 fully saturated rings. The molecule has 0 aromatic carbocycles. The van der Waals surface area contributed by atoms with Gasteiger partial charge in [-0.25, -0.2) is 4.57 Å². The minimum Gasteiger partial charge on any atom is -0.462 e. The van der Waals surface area contributed by atoms with Crippen molar-refractivity contribution in [2.45, 2.75) is 167 Å². The maximum absolute atomic E-state index is 12.4. The number of hydrogen-bond acceptors (Lipinski definition) is 8. The molecule has 0 amide bonds. The largest absolute Gasteiger partial charge is 0.472 e. The highest BCUT2D eigenvalue weighted by Crippen LogP contribution is 2.43. The zero-order valence-electron chi connectivity index (χ0n) is 28.0. The molecule has 0 aliphatic heterocycles. The summed E-state index contributed by atoms with van der Waals surface area (Å²) in [5.41, 5.74) is 5.31. The quantitative estimate of drug-likeness (QED) is 0.0303. The standard InChI is InChI=1S/C34H66NO8P/c1-3-5-7-9-11-13-14-15-16-17-18-19-21-22-24-26-33(36)40-30-32(31-42-44(38,39)41-29-28-35)43-34(37)27-25-23-20-12-10-8-6-4-2/h3,32H,1,4-31,35H2,2H3,(H,38,39)/t32-/m0/s1. The summed E-state index contributed by atoms with van der Waals surface area (Å²) in [5, 5.41) is 0. The topological polar surface area (TPSA) is 134 Å². The van der Waals surface area contributed by atoms with Gasteiger partial charge in [0.15, 0.2) is 6.10 Å². The molecular weight excluding hydrogens is 581 g/mol. The van der Waals surface area contributed by atoms with E-state index < -0.39 is 26.5 Å². The van der Waals surface area contributed by atoms with Crippen molar-refractivity contribution >= 4 is 19.8 Å². The van der Waals surface area contributed by atoms with Crippen molar-refractivity contribution in [1.29, 1.82) is 0 Å². The molecule has 1 unspecified atom stereocenters. The third-order valence-electron chi connectivity index (χ3n) is 7.55. The molecule has 0 spiro atoms. The number of esters is 2. The number of carbonyl (C=O) groups is 2. The van der Waals surface area contributed by atoms with Crippen molar-refractivity contribution in [3.05, 3.63) is 12.7 Å². The molecule has 0 heterocycles. The molecule has 0 saturated heterocycles. The normalized spacial score (nSPS) is 13.3. The van der Waals surface area contributed by atoms with E-state index in [0.29, 0.717) is 6.42 Å². The molecule has 2 atom stereocenters. The van der Waals surface area contributed by atoms with E-state index in [-0.39, 0.29) is 38.6 Å². The Morgan fingerprint density at radius 2 is 1.16 bits per heavy atom. The van der Waals surface area contributed by atoms with Crippen molar-refractivity contribution in [2.24, 2.45) is 5.73 Å². The van der Waals surface area contributed by atoms with Crippen LogP contribution in [0.1, 0.15) is 161 Å². The van der Waals surface area contributed by atoms with Gasteiger partial charge in [-0.15, -0.1) is 6.58 Å². The van der Waals surface area contributed by atoms with Crippen molar-refractivity contribution in [1.82, 2.24) is 0 Å². The second kappa shape index (κ2) is 31.7. The second-order valence-corrected chi connectivity index (χ2v) is 13.3. The van der Waals surface area contributed by atoms with Crippen molar-refractivity contribution in [3.8, 4) is 0 Å². The van der Waals surface area contributed by atoms with E-state index in [1.165, 1.54) is 89.9 Å². The molecule has 3 N–H and O–H groups in total. The fraction of sp³-hybridized carbons (Fsp3) is 0.882. The Morgan fingerprint density at radius 1 is 0.705 bits per heavy atom. The Balaban J connectivity index is 4.15. The molecule has 10 heteroatoms. The van der Waals surface area contributed by atoms with Gasteiger partial charge in [0.25, 0.3) is 0 Å². The summed E-state index contributed by atoms with van der Waals surface area (Å²) in [6.45, 7) is 5.19. The van der Waals surface area contributed by atoms with Crippen molar-refractivity contribution < 1.29 is 37.6 Å². The summed E-state index contributed by atoms with van der Waals surface area (Å²) in [7, 11) is -4.36. The summed E-state index contributed by atoms with van der Waals surface area (Å²) >= 11 is 0. The average Bonchev–Trinajstić information content (AvgIpc) is 3.00. The highest BCUT2D eigenvalue weighted by Gasteiger charge is 2.25. The molecule has 0 radical (unpaired) electrons. The third-order valence-corrected chi connectivity index (χ3v) is 8.53. The van der Waals surface area contributed by atoms with Crippen LogP contribution >= 0.6 is 7.82 Å². The van der Waals surface area contributed by atoms with E-state index in [0.717, 1.165) is 44.9 Å². The number of phosphoric acid groups is 1. The molecule has 0 aliphatic rings. The van der Waals surface area contributed by atoms with Gasteiger partial charge in [-0.1, -0.05) is 129 Å². The first-order valence-electron chi connectivity index (χ1n) is 17.6. The number of allylic oxidation sites excluding steroid dienone is 1. The monoisotopic (exact) mass is 647 g/mol. The van der Waals surface area contributed by atoms with Gasteiger partial charge < -0.3 is 20.1 Å². The number of ether oxygens (including phenoxy) is 2. The van der Waals surface area contributed by atoms with E-state index >= 15 is 0 Å². The smallest absolute Gasteiger partial charge is 0.462 e. The SMILES string of the molecule is C=CCCCCCCCCCCCCCCCC(=O)OC[C@@H](COP(=O)(O)OCCN)OC(=O)CCCCCCCCCC. The van der Waals surface area contributed by atoms with Crippen LogP contribution in [0.2, 0.25) is 0 Å². The molecule has 0 aromatic rings. The lowest BCUT2D eigenvalue weighted by Crippen LogP contribution is -2.29. The Kier molecular flexibility index (Phi) is 30.8. The molecule has 9 nitrogen and oxygen atoms in total. The fourth-order valence-corrected chi connectivity index (χ4v) is 5.67. The van der Waals surface area contributed by atoms with E-state index in [2.05, 4.69) is 13.5 Å². The minimum absolute atomic E-state index is 0.0553. The summed E-state index contributed by atoms with van der Waals surface area (Å²) in [5.74, 6) is -0.833. The first-order chi connectivity index (χ1) is 21.3. The molecule has 0 aromatic heterocycles. The average molecular weight is 648 g/mol. The van der Waals surface area contributed by atoms with Gasteiger partial charge in [-0.3, -0.25) is 18.6 Å². The van der Waals surface area contributed by atoms with Crippen LogP contribution < -0.4 is 5.73 Å². The lowest BCUT2D eigenvalue weighted by Gasteiger charge is -2.19. The third kappa shape index (κ3) is 30.8. The first kappa shape index (κ1) is 42.8. The molecule has 260 valence electrons. The fourth-order valence-electron chi connectivity index (χ4n) is 4.91. The van der Waals surface area contributed by atoms with Crippen LogP contribution in [0.5, 0.6) is 0 Å². The van der Waals surface area contributed by atoms with Gasteiger partial charge in [0.1, 0.15) is 6.61 Å². The molecule has 0 saturated carbocycles. The predicted molar refractivity (Wildman–Crippen MR) is 178 cm³/mol. The molecular formula is C34H66NO8P. The Morgan fingerprint density at radius 3 is 1.64 bits per heavy atom. The van der Waals surface area contributed by atoms with Crippen LogP contribution in [-0.2, 0) is 32.7 Å². The van der Waals surface area contributed by atoms with Gasteiger partial charge in [0.05, 0.1) is 13.2 Å².